The van der Waals surface area contributed by atoms with Crippen LogP contribution in [0.3, 0.4) is 0 Å². The Bertz CT molecular complexity index is 1810. The van der Waals surface area contributed by atoms with Crippen LogP contribution < -0.4 is 11.1 Å². The SMILES string of the molecule is Cc1nn(C)cc1-c1cc(C(F)F)nc2sc(C(N)=O)c(NC(=O)c3cc4nc(C(F)F)cc(C(F)F)n4n3)c12. The van der Waals surface area contributed by atoms with E-state index in [4.69, 9.17) is 5.73 Å². The van der Waals surface area contributed by atoms with Gasteiger partial charge in [-0.3, -0.25) is 14.3 Å². The van der Waals surface area contributed by atoms with Gasteiger partial charge in [-0.25, -0.2) is 40.8 Å². The molecule has 0 bridgehead atoms. The van der Waals surface area contributed by atoms with Gasteiger partial charge in [0.25, 0.3) is 31.1 Å². The molecule has 0 spiro atoms. The van der Waals surface area contributed by atoms with E-state index in [1.165, 1.54) is 4.68 Å². The normalized spacial score (nSPS) is 12.0. The van der Waals surface area contributed by atoms with Crippen LogP contribution in [0.4, 0.5) is 32.0 Å². The second-order valence-electron chi connectivity index (χ2n) is 8.51. The largest absolute Gasteiger partial charge is 0.365 e. The van der Waals surface area contributed by atoms with Crippen LogP contribution in [-0.4, -0.2) is 41.2 Å². The minimum absolute atomic E-state index is 0.0432. The number of nitrogens with zero attached hydrogens (tertiary/aromatic N) is 6. The second kappa shape index (κ2) is 9.89. The lowest BCUT2D eigenvalue weighted by Crippen LogP contribution is -2.17. The molecule has 0 unspecified atom stereocenters. The number of aromatic nitrogens is 6. The third kappa shape index (κ3) is 4.61. The highest BCUT2D eigenvalue weighted by Crippen LogP contribution is 2.43. The maximum atomic E-state index is 13.7. The number of carbonyl (C=O) groups excluding carboxylic acids is 2. The summed E-state index contributed by atoms with van der Waals surface area (Å²) < 4.78 is 82.9. The standard InChI is InChI=1S/C23H16F6N8O2S/c1-7-9(6-36(2)34-7)8-3-10(18(24)25)32-23-15(8)16(17(40-23)21(30)38)33-22(39)12-5-14-31-11(19(26)27)4-13(20(28)29)37(14)35-12/h3-6,18-20H,1-2H3,(H2,30,38)(H,33,39). The molecule has 0 saturated carbocycles. The number of carbonyl (C=O) groups is 2. The summed E-state index contributed by atoms with van der Waals surface area (Å²) in [5.74, 6) is -2.05. The van der Waals surface area contributed by atoms with Crippen LogP contribution >= 0.6 is 11.3 Å². The first-order chi connectivity index (χ1) is 18.8. The number of aryl methyl sites for hydroxylation is 2. The zero-order valence-electron chi connectivity index (χ0n) is 20.3. The average molecular weight is 582 g/mol. The number of nitrogens with one attached hydrogen (secondary N) is 1. The zero-order valence-corrected chi connectivity index (χ0v) is 21.1. The van der Waals surface area contributed by atoms with Crippen LogP contribution in [0.1, 0.15) is 62.2 Å². The number of nitrogens with two attached hydrogens (primary N) is 1. The van der Waals surface area contributed by atoms with Crippen molar-refractivity contribution in [2.24, 2.45) is 12.8 Å². The van der Waals surface area contributed by atoms with Crippen molar-refractivity contribution in [2.75, 3.05) is 5.32 Å². The van der Waals surface area contributed by atoms with E-state index in [9.17, 15) is 35.9 Å². The molecule has 0 radical (unpaired) electrons. The molecule has 0 atom stereocenters. The third-order valence-electron chi connectivity index (χ3n) is 5.83. The number of pyridine rings is 1. The number of fused-ring (bicyclic) bond motifs is 2. The van der Waals surface area contributed by atoms with E-state index in [-0.39, 0.29) is 26.3 Å². The van der Waals surface area contributed by atoms with Crippen LogP contribution in [0.2, 0.25) is 0 Å². The fourth-order valence-electron chi connectivity index (χ4n) is 4.17. The van der Waals surface area contributed by atoms with Gasteiger partial charge in [0.2, 0.25) is 0 Å². The Balaban J connectivity index is 1.69. The van der Waals surface area contributed by atoms with Crippen molar-refractivity contribution in [3.8, 4) is 11.1 Å². The first-order valence-electron chi connectivity index (χ1n) is 11.2. The molecule has 5 rings (SSSR count). The monoisotopic (exact) mass is 582 g/mol. The van der Waals surface area contributed by atoms with Gasteiger partial charge < -0.3 is 11.1 Å². The van der Waals surface area contributed by atoms with Crippen molar-refractivity contribution >= 4 is 44.7 Å². The summed E-state index contributed by atoms with van der Waals surface area (Å²) in [6.07, 6.45) is -7.80. The summed E-state index contributed by atoms with van der Waals surface area (Å²) >= 11 is 0.657. The Morgan fingerprint density at radius 2 is 1.62 bits per heavy atom. The first-order valence-corrected chi connectivity index (χ1v) is 12.0. The Hall–Kier alpha value is -4.54. The lowest BCUT2D eigenvalue weighted by molar-refractivity contribution is 0.100. The Labute approximate surface area is 223 Å². The molecule has 17 heteroatoms. The van der Waals surface area contributed by atoms with Crippen LogP contribution in [0.5, 0.6) is 0 Å². The van der Waals surface area contributed by atoms with Crippen molar-refractivity contribution in [1.82, 2.24) is 29.4 Å². The number of primary amides is 1. The summed E-state index contributed by atoms with van der Waals surface area (Å²) in [5, 5.41) is 10.5. The number of thiophene rings is 1. The highest BCUT2D eigenvalue weighted by molar-refractivity contribution is 7.21. The lowest BCUT2D eigenvalue weighted by Gasteiger charge is -2.10. The highest BCUT2D eigenvalue weighted by Gasteiger charge is 2.28. The van der Waals surface area contributed by atoms with Crippen molar-refractivity contribution in [1.29, 1.82) is 0 Å². The molecule has 10 nitrogen and oxygen atoms in total. The predicted molar refractivity (Wildman–Crippen MR) is 131 cm³/mol. The van der Waals surface area contributed by atoms with Crippen molar-refractivity contribution < 1.29 is 35.9 Å². The number of anilines is 1. The van der Waals surface area contributed by atoms with Gasteiger partial charge in [-0.1, -0.05) is 0 Å². The fourth-order valence-corrected chi connectivity index (χ4v) is 5.19. The molecule has 5 aromatic heterocycles. The van der Waals surface area contributed by atoms with Crippen LogP contribution in [-0.2, 0) is 7.05 Å². The summed E-state index contributed by atoms with van der Waals surface area (Å²) in [5.41, 5.74) is 2.94. The number of rotatable bonds is 7. The molecule has 0 aromatic carbocycles. The summed E-state index contributed by atoms with van der Waals surface area (Å²) in [6.45, 7) is 1.63. The van der Waals surface area contributed by atoms with Gasteiger partial charge >= 0.3 is 0 Å². The smallest absolute Gasteiger partial charge is 0.280 e. The summed E-state index contributed by atoms with van der Waals surface area (Å²) in [6, 6.07) is 2.48. The molecular formula is C23H16F6N8O2S. The average Bonchev–Trinajstić information content (AvgIpc) is 3.57. The highest BCUT2D eigenvalue weighted by atomic mass is 32.1. The topological polar surface area (TPSA) is 133 Å². The number of halogens is 6. The van der Waals surface area contributed by atoms with Gasteiger partial charge in [-0.05, 0) is 24.6 Å². The molecule has 5 heterocycles. The number of hydrogen-bond acceptors (Lipinski definition) is 7. The molecule has 2 amide bonds. The van der Waals surface area contributed by atoms with Crippen LogP contribution in [0.15, 0.2) is 24.4 Å². The molecule has 0 aliphatic heterocycles. The van der Waals surface area contributed by atoms with Crippen LogP contribution in [0, 0.1) is 6.92 Å². The molecular weight excluding hydrogens is 566 g/mol. The van der Waals surface area contributed by atoms with Gasteiger partial charge in [0.05, 0.1) is 11.4 Å². The molecule has 40 heavy (non-hydrogen) atoms. The lowest BCUT2D eigenvalue weighted by atomic mass is 10.0. The summed E-state index contributed by atoms with van der Waals surface area (Å²) in [7, 11) is 1.61. The maximum absolute atomic E-state index is 13.7. The van der Waals surface area contributed by atoms with Gasteiger partial charge in [0.15, 0.2) is 11.3 Å². The first kappa shape index (κ1) is 27.0. The number of alkyl halides is 6. The van der Waals surface area contributed by atoms with E-state index < -0.39 is 59.5 Å². The summed E-state index contributed by atoms with van der Waals surface area (Å²) in [4.78, 5) is 32.8. The molecule has 5 aromatic rings. The molecule has 0 aliphatic carbocycles. The van der Waals surface area contributed by atoms with Crippen LogP contribution in [0.25, 0.3) is 27.0 Å². The van der Waals surface area contributed by atoms with Gasteiger partial charge in [0, 0.05) is 30.3 Å². The number of hydrogen-bond donors (Lipinski definition) is 2. The maximum Gasteiger partial charge on any atom is 0.280 e. The molecule has 0 aliphatic rings. The van der Waals surface area contributed by atoms with E-state index >= 15 is 0 Å². The molecule has 0 fully saturated rings. The fraction of sp³-hybridized carbons (Fsp3) is 0.217. The Kier molecular flexibility index (Phi) is 6.69. The van der Waals surface area contributed by atoms with E-state index in [1.54, 1.807) is 20.2 Å². The van der Waals surface area contributed by atoms with E-state index in [0.717, 1.165) is 12.1 Å². The van der Waals surface area contributed by atoms with Crippen molar-refractivity contribution in [2.45, 2.75) is 26.2 Å². The Morgan fingerprint density at radius 3 is 2.20 bits per heavy atom. The van der Waals surface area contributed by atoms with Gasteiger partial charge in [0.1, 0.15) is 26.8 Å². The quantitative estimate of drug-likeness (QED) is 0.253. The van der Waals surface area contributed by atoms with Gasteiger partial charge in [-0.15, -0.1) is 11.3 Å². The molecule has 208 valence electrons. The van der Waals surface area contributed by atoms with E-state index in [2.05, 4.69) is 25.5 Å². The second-order valence-corrected chi connectivity index (χ2v) is 9.51. The van der Waals surface area contributed by atoms with Crippen molar-refractivity contribution in [3.05, 3.63) is 57.7 Å². The molecule has 0 saturated heterocycles. The van der Waals surface area contributed by atoms with E-state index in [1.807, 2.05) is 0 Å². The van der Waals surface area contributed by atoms with Crippen molar-refractivity contribution in [3.63, 3.8) is 0 Å². The van der Waals surface area contributed by atoms with Gasteiger partial charge in [-0.2, -0.15) is 10.2 Å². The molecule has 3 N–H and O–H groups in total. The minimum Gasteiger partial charge on any atom is -0.365 e. The minimum atomic E-state index is -3.22. The predicted octanol–water partition coefficient (Wildman–Crippen LogP) is 5.21. The Morgan fingerprint density at radius 1 is 0.950 bits per heavy atom. The number of amides is 2. The third-order valence-corrected chi connectivity index (χ3v) is 6.92. The zero-order chi connectivity index (χ0) is 29.0. The van der Waals surface area contributed by atoms with E-state index in [0.29, 0.717) is 33.2 Å².